The molecular formula is C21H22F2N4O4. The molecule has 0 spiro atoms. The third-order valence-electron chi connectivity index (χ3n) is 5.19. The number of halogens is 2. The van der Waals surface area contributed by atoms with Crippen LogP contribution in [-0.2, 0) is 16.6 Å². The van der Waals surface area contributed by atoms with Crippen LogP contribution in [0.3, 0.4) is 0 Å². The standard InChI is InChI=1S/C21H22F2N4O4/c1-26-8-2-3-15(20(26)30)21(31)27-9-6-13(7-10-27)12-24-18(28)19(29)25-17-5-4-14(22)11-16(17)23/h2-5,8,11,13H,6-7,9-10,12H2,1H3,(H,24,28)(H,25,29). The lowest BCUT2D eigenvalue weighted by molar-refractivity contribution is -0.136. The highest BCUT2D eigenvalue weighted by atomic mass is 19.1. The third-order valence-corrected chi connectivity index (χ3v) is 5.19. The molecule has 0 saturated carbocycles. The second-order valence-corrected chi connectivity index (χ2v) is 7.36. The average molecular weight is 432 g/mol. The first-order chi connectivity index (χ1) is 14.8. The molecule has 1 aliphatic rings. The van der Waals surface area contributed by atoms with Crippen LogP contribution in [-0.4, -0.2) is 46.8 Å². The van der Waals surface area contributed by atoms with E-state index in [0.29, 0.717) is 32.0 Å². The summed E-state index contributed by atoms with van der Waals surface area (Å²) in [6.07, 6.45) is 2.76. The molecule has 0 aliphatic carbocycles. The Balaban J connectivity index is 1.47. The van der Waals surface area contributed by atoms with Gasteiger partial charge < -0.3 is 20.1 Å². The maximum atomic E-state index is 13.6. The number of hydrogen-bond donors (Lipinski definition) is 2. The zero-order valence-electron chi connectivity index (χ0n) is 16.9. The first kappa shape index (κ1) is 22.1. The zero-order chi connectivity index (χ0) is 22.5. The normalized spacial score (nSPS) is 14.2. The number of rotatable bonds is 4. The number of aryl methyl sites for hydroxylation is 1. The number of nitrogens with zero attached hydrogens (tertiary/aromatic N) is 2. The van der Waals surface area contributed by atoms with E-state index in [2.05, 4.69) is 10.6 Å². The Kier molecular flexibility index (Phi) is 6.78. The summed E-state index contributed by atoms with van der Waals surface area (Å²) in [6.45, 7) is 1.06. The van der Waals surface area contributed by atoms with Gasteiger partial charge in [-0.25, -0.2) is 8.78 Å². The van der Waals surface area contributed by atoms with E-state index in [1.807, 2.05) is 0 Å². The highest BCUT2D eigenvalue weighted by Gasteiger charge is 2.26. The minimum atomic E-state index is -1.06. The summed E-state index contributed by atoms with van der Waals surface area (Å²) in [5.74, 6) is -4.05. The first-order valence-corrected chi connectivity index (χ1v) is 9.75. The molecule has 10 heteroatoms. The molecule has 31 heavy (non-hydrogen) atoms. The molecule has 0 bridgehead atoms. The van der Waals surface area contributed by atoms with Gasteiger partial charge in [0.2, 0.25) is 0 Å². The Morgan fingerprint density at radius 1 is 1.10 bits per heavy atom. The number of anilines is 1. The van der Waals surface area contributed by atoms with Crippen molar-refractivity contribution in [2.75, 3.05) is 25.0 Å². The minimum absolute atomic E-state index is 0.0435. The second-order valence-electron chi connectivity index (χ2n) is 7.36. The fourth-order valence-corrected chi connectivity index (χ4v) is 3.36. The van der Waals surface area contributed by atoms with Crippen molar-refractivity contribution < 1.29 is 23.2 Å². The van der Waals surface area contributed by atoms with E-state index < -0.39 is 23.4 Å². The Labute approximate surface area is 176 Å². The number of carbonyl (C=O) groups excluding carboxylic acids is 3. The van der Waals surface area contributed by atoms with Crippen LogP contribution in [0.5, 0.6) is 0 Å². The molecule has 1 fully saturated rings. The molecular weight excluding hydrogens is 410 g/mol. The summed E-state index contributed by atoms with van der Waals surface area (Å²) in [5, 5.41) is 4.59. The van der Waals surface area contributed by atoms with Crippen molar-refractivity contribution in [1.82, 2.24) is 14.8 Å². The van der Waals surface area contributed by atoms with Gasteiger partial charge in [0.1, 0.15) is 17.2 Å². The van der Waals surface area contributed by atoms with E-state index in [0.717, 1.165) is 12.1 Å². The smallest absolute Gasteiger partial charge is 0.313 e. The molecule has 164 valence electrons. The van der Waals surface area contributed by atoms with Gasteiger partial charge in [0.25, 0.3) is 11.5 Å². The summed E-state index contributed by atoms with van der Waals surface area (Å²) in [6, 6.07) is 5.74. The van der Waals surface area contributed by atoms with Crippen molar-refractivity contribution in [3.05, 3.63) is 64.1 Å². The quantitative estimate of drug-likeness (QED) is 0.711. The van der Waals surface area contributed by atoms with Crippen molar-refractivity contribution >= 4 is 23.4 Å². The van der Waals surface area contributed by atoms with Gasteiger partial charge in [0, 0.05) is 38.9 Å². The largest absolute Gasteiger partial charge is 0.348 e. The van der Waals surface area contributed by atoms with Crippen LogP contribution in [0.4, 0.5) is 14.5 Å². The lowest BCUT2D eigenvalue weighted by atomic mass is 9.96. The summed E-state index contributed by atoms with van der Waals surface area (Å²) in [7, 11) is 1.58. The predicted molar refractivity (Wildman–Crippen MR) is 108 cm³/mol. The number of carbonyl (C=O) groups is 3. The van der Waals surface area contributed by atoms with Crippen LogP contribution in [0.25, 0.3) is 0 Å². The average Bonchev–Trinajstić information content (AvgIpc) is 2.75. The molecule has 1 saturated heterocycles. The minimum Gasteiger partial charge on any atom is -0.348 e. The Morgan fingerprint density at radius 2 is 1.81 bits per heavy atom. The first-order valence-electron chi connectivity index (χ1n) is 9.75. The Bertz CT molecular complexity index is 1060. The van der Waals surface area contributed by atoms with Crippen molar-refractivity contribution in [1.29, 1.82) is 0 Å². The number of aromatic nitrogens is 1. The third kappa shape index (κ3) is 5.33. The predicted octanol–water partition coefficient (Wildman–Crippen LogP) is 1.27. The van der Waals surface area contributed by atoms with Gasteiger partial charge in [-0.1, -0.05) is 0 Å². The van der Waals surface area contributed by atoms with Crippen LogP contribution in [0.15, 0.2) is 41.3 Å². The molecule has 3 amide bonds. The number of benzene rings is 1. The molecule has 1 aromatic heterocycles. The van der Waals surface area contributed by atoms with E-state index in [1.165, 1.54) is 10.6 Å². The number of likely N-dealkylation sites (tertiary alicyclic amines) is 1. The molecule has 0 radical (unpaired) electrons. The maximum absolute atomic E-state index is 13.6. The summed E-state index contributed by atoms with van der Waals surface area (Å²) < 4.78 is 27.8. The Morgan fingerprint density at radius 3 is 2.48 bits per heavy atom. The summed E-state index contributed by atoms with van der Waals surface area (Å²) in [5.41, 5.74) is -0.535. The van der Waals surface area contributed by atoms with Crippen molar-refractivity contribution in [3.63, 3.8) is 0 Å². The molecule has 3 rings (SSSR count). The SMILES string of the molecule is Cn1cccc(C(=O)N2CCC(CNC(=O)C(=O)Nc3ccc(F)cc3F)CC2)c1=O. The fraction of sp³-hybridized carbons (Fsp3) is 0.333. The number of pyridine rings is 1. The van der Waals surface area contributed by atoms with Gasteiger partial charge in [-0.05, 0) is 43.0 Å². The van der Waals surface area contributed by atoms with Gasteiger partial charge in [-0.15, -0.1) is 0 Å². The van der Waals surface area contributed by atoms with Crippen LogP contribution >= 0.6 is 0 Å². The van der Waals surface area contributed by atoms with Gasteiger partial charge in [-0.2, -0.15) is 0 Å². The number of amides is 3. The maximum Gasteiger partial charge on any atom is 0.313 e. The van der Waals surface area contributed by atoms with Crippen LogP contribution in [0, 0.1) is 17.6 Å². The lowest BCUT2D eigenvalue weighted by Crippen LogP contribution is -2.44. The van der Waals surface area contributed by atoms with Crippen LogP contribution in [0.1, 0.15) is 23.2 Å². The zero-order valence-corrected chi connectivity index (χ0v) is 16.9. The van der Waals surface area contributed by atoms with Crippen molar-refractivity contribution in [3.8, 4) is 0 Å². The summed E-state index contributed by atoms with van der Waals surface area (Å²) in [4.78, 5) is 50.2. The van der Waals surface area contributed by atoms with E-state index in [9.17, 15) is 28.0 Å². The topological polar surface area (TPSA) is 101 Å². The van der Waals surface area contributed by atoms with Crippen molar-refractivity contribution in [2.24, 2.45) is 13.0 Å². The van der Waals surface area contributed by atoms with E-state index in [1.54, 1.807) is 24.2 Å². The molecule has 2 heterocycles. The molecule has 1 aliphatic heterocycles. The molecule has 1 aromatic carbocycles. The second kappa shape index (κ2) is 9.50. The summed E-state index contributed by atoms with van der Waals surface area (Å²) >= 11 is 0. The van der Waals surface area contributed by atoms with Gasteiger partial charge >= 0.3 is 11.8 Å². The number of piperidine rings is 1. The fourth-order valence-electron chi connectivity index (χ4n) is 3.36. The molecule has 2 aromatic rings. The van der Waals surface area contributed by atoms with E-state index >= 15 is 0 Å². The monoisotopic (exact) mass is 432 g/mol. The number of nitrogens with one attached hydrogen (secondary N) is 2. The Hall–Kier alpha value is -3.56. The lowest BCUT2D eigenvalue weighted by Gasteiger charge is -2.32. The van der Waals surface area contributed by atoms with Gasteiger partial charge in [0.15, 0.2) is 0 Å². The highest BCUT2D eigenvalue weighted by molar-refractivity contribution is 6.39. The van der Waals surface area contributed by atoms with Crippen LogP contribution < -0.4 is 16.2 Å². The number of hydrogen-bond acceptors (Lipinski definition) is 4. The highest BCUT2D eigenvalue weighted by Crippen LogP contribution is 2.18. The molecule has 0 atom stereocenters. The molecule has 2 N–H and O–H groups in total. The van der Waals surface area contributed by atoms with Gasteiger partial charge in [0.05, 0.1) is 5.69 Å². The molecule has 0 unspecified atom stereocenters. The van der Waals surface area contributed by atoms with Crippen molar-refractivity contribution in [2.45, 2.75) is 12.8 Å². The van der Waals surface area contributed by atoms with E-state index in [4.69, 9.17) is 0 Å². The molecule has 8 nitrogen and oxygen atoms in total. The van der Waals surface area contributed by atoms with Crippen LogP contribution in [0.2, 0.25) is 0 Å². The van der Waals surface area contributed by atoms with Gasteiger partial charge in [-0.3, -0.25) is 19.2 Å². The van der Waals surface area contributed by atoms with E-state index in [-0.39, 0.29) is 35.2 Å².